The lowest BCUT2D eigenvalue weighted by Gasteiger charge is -2.20. The van der Waals surface area contributed by atoms with Crippen molar-refractivity contribution < 1.29 is 14.3 Å². The Hall–Kier alpha value is -2.39. The van der Waals surface area contributed by atoms with E-state index < -0.39 is 17.2 Å². The Morgan fingerprint density at radius 3 is 2.65 bits per heavy atom. The summed E-state index contributed by atoms with van der Waals surface area (Å²) in [7, 11) is 1.55. The molecule has 0 bridgehead atoms. The van der Waals surface area contributed by atoms with Crippen LogP contribution in [0.2, 0.25) is 0 Å². The number of hydrogen-bond acceptors (Lipinski definition) is 6. The number of benzene rings is 1. The maximum atomic E-state index is 12.8. The van der Waals surface area contributed by atoms with Gasteiger partial charge < -0.3 is 10.5 Å². The van der Waals surface area contributed by atoms with Gasteiger partial charge in [0, 0.05) is 7.11 Å². The van der Waals surface area contributed by atoms with Crippen molar-refractivity contribution in [2.45, 2.75) is 30.8 Å². The van der Waals surface area contributed by atoms with Gasteiger partial charge in [0.25, 0.3) is 5.56 Å². The zero-order valence-corrected chi connectivity index (χ0v) is 15.7. The number of carbonyl (C=O) groups excluding carboxylic acids is 2. The summed E-state index contributed by atoms with van der Waals surface area (Å²) >= 11 is 1.13. The zero-order valence-electron chi connectivity index (χ0n) is 14.9. The normalized spacial score (nSPS) is 12.3. The number of imide groups is 1. The molecule has 2 rings (SSSR count). The molecule has 0 radical (unpaired) electrons. The van der Waals surface area contributed by atoms with Crippen molar-refractivity contribution in [3.63, 3.8) is 0 Å². The maximum Gasteiger partial charge on any atom is 0.318 e. The first-order valence-corrected chi connectivity index (χ1v) is 8.98. The van der Waals surface area contributed by atoms with Gasteiger partial charge in [-0.2, -0.15) is 0 Å². The second-order valence-electron chi connectivity index (χ2n) is 6.00. The number of thioether (sulfide) groups is 1. The van der Waals surface area contributed by atoms with Crippen LogP contribution < -0.4 is 16.6 Å². The van der Waals surface area contributed by atoms with Gasteiger partial charge in [-0.15, -0.1) is 0 Å². The number of rotatable bonds is 7. The summed E-state index contributed by atoms with van der Waals surface area (Å²) in [5.41, 5.74) is 5.40. The molecular weight excluding hydrogens is 356 g/mol. The van der Waals surface area contributed by atoms with E-state index in [-0.39, 0.29) is 11.5 Å². The molecule has 0 aliphatic heterocycles. The molecule has 140 valence electrons. The second kappa shape index (κ2) is 8.81. The Morgan fingerprint density at radius 2 is 2.04 bits per heavy atom. The number of para-hydroxylation sites is 1. The van der Waals surface area contributed by atoms with Crippen molar-refractivity contribution in [1.29, 1.82) is 0 Å². The fraction of sp³-hybridized carbons (Fsp3) is 0.412. The molecule has 0 saturated heterocycles. The minimum atomic E-state index is -0.913. The minimum absolute atomic E-state index is 0.112. The quantitative estimate of drug-likeness (QED) is 0.555. The molecule has 0 spiro atoms. The van der Waals surface area contributed by atoms with Gasteiger partial charge in [-0.3, -0.25) is 19.5 Å². The van der Waals surface area contributed by atoms with Gasteiger partial charge in [0.15, 0.2) is 5.16 Å². The fourth-order valence-electron chi connectivity index (χ4n) is 2.42. The fourth-order valence-corrected chi connectivity index (χ4v) is 3.53. The van der Waals surface area contributed by atoms with E-state index in [0.29, 0.717) is 29.2 Å². The topological polar surface area (TPSA) is 116 Å². The summed E-state index contributed by atoms with van der Waals surface area (Å²) < 4.78 is 6.57. The number of urea groups is 1. The molecule has 1 atom stereocenters. The molecule has 8 nitrogen and oxygen atoms in total. The standard InChI is InChI=1S/C17H22N4O4S/c1-10(2)13(14(22)20-16(18)24)26-17-19-12-7-5-4-6-11(12)15(23)21(17)8-9-25-3/h4-7,10,13H,8-9H2,1-3H3,(H3,18,20,22,24)/t13-/m1/s1. The molecule has 1 aromatic carbocycles. The highest BCUT2D eigenvalue weighted by atomic mass is 32.2. The van der Waals surface area contributed by atoms with Crippen molar-refractivity contribution in [2.24, 2.45) is 11.7 Å². The molecule has 3 amide bonds. The molecule has 1 heterocycles. The highest BCUT2D eigenvalue weighted by molar-refractivity contribution is 8.00. The largest absolute Gasteiger partial charge is 0.383 e. The number of hydrogen-bond donors (Lipinski definition) is 2. The molecule has 3 N–H and O–H groups in total. The van der Waals surface area contributed by atoms with E-state index in [9.17, 15) is 14.4 Å². The Balaban J connectivity index is 2.49. The number of nitrogens with one attached hydrogen (secondary N) is 1. The number of nitrogens with zero attached hydrogens (tertiary/aromatic N) is 2. The van der Waals surface area contributed by atoms with Crippen molar-refractivity contribution in [1.82, 2.24) is 14.9 Å². The Morgan fingerprint density at radius 1 is 1.35 bits per heavy atom. The van der Waals surface area contributed by atoms with Crippen molar-refractivity contribution in [3.8, 4) is 0 Å². The van der Waals surface area contributed by atoms with Crippen LogP contribution in [0.15, 0.2) is 34.2 Å². The smallest absolute Gasteiger partial charge is 0.318 e. The van der Waals surface area contributed by atoms with Crippen LogP contribution in [0.5, 0.6) is 0 Å². The number of aromatic nitrogens is 2. The van der Waals surface area contributed by atoms with E-state index >= 15 is 0 Å². The number of ether oxygens (including phenoxy) is 1. The molecule has 9 heteroatoms. The molecule has 2 aromatic rings. The van der Waals surface area contributed by atoms with Crippen molar-refractivity contribution in [3.05, 3.63) is 34.6 Å². The Kier molecular flexibility index (Phi) is 6.76. The summed E-state index contributed by atoms with van der Waals surface area (Å²) in [5, 5.41) is 2.35. The molecule has 26 heavy (non-hydrogen) atoms. The first kappa shape index (κ1) is 19.9. The van der Waals surface area contributed by atoms with Gasteiger partial charge in [0.2, 0.25) is 5.91 Å². The van der Waals surface area contributed by atoms with Crippen LogP contribution in [-0.4, -0.2) is 40.5 Å². The number of nitrogens with two attached hydrogens (primary N) is 1. The average molecular weight is 378 g/mol. The van der Waals surface area contributed by atoms with Crippen LogP contribution in [0.3, 0.4) is 0 Å². The van der Waals surface area contributed by atoms with Crippen LogP contribution in [0.1, 0.15) is 13.8 Å². The van der Waals surface area contributed by atoms with Crippen molar-refractivity contribution in [2.75, 3.05) is 13.7 Å². The molecular formula is C17H22N4O4S. The summed E-state index contributed by atoms with van der Waals surface area (Å²) in [4.78, 5) is 40.7. The summed E-state index contributed by atoms with van der Waals surface area (Å²) in [5.74, 6) is -0.628. The molecule has 0 aliphatic carbocycles. The van der Waals surface area contributed by atoms with Crippen LogP contribution in [0.4, 0.5) is 4.79 Å². The second-order valence-corrected chi connectivity index (χ2v) is 7.11. The highest BCUT2D eigenvalue weighted by Crippen LogP contribution is 2.27. The number of amides is 3. The van der Waals surface area contributed by atoms with E-state index in [4.69, 9.17) is 10.5 Å². The van der Waals surface area contributed by atoms with E-state index in [2.05, 4.69) is 10.3 Å². The lowest BCUT2D eigenvalue weighted by molar-refractivity contribution is -0.120. The molecule has 0 aliphatic rings. The van der Waals surface area contributed by atoms with Crippen LogP contribution in [0, 0.1) is 5.92 Å². The SMILES string of the molecule is COCCn1c(S[C@@H](C(=O)NC(N)=O)C(C)C)nc2ccccc2c1=O. The summed E-state index contributed by atoms with van der Waals surface area (Å²) in [6.45, 7) is 4.32. The molecule has 1 aromatic heterocycles. The third-order valence-electron chi connectivity index (χ3n) is 3.69. The lowest BCUT2D eigenvalue weighted by atomic mass is 10.1. The predicted octanol–water partition coefficient (Wildman–Crippen LogP) is 1.35. The summed E-state index contributed by atoms with van der Waals surface area (Å²) in [6, 6.07) is 6.11. The number of primary amides is 1. The average Bonchev–Trinajstić information content (AvgIpc) is 2.58. The highest BCUT2D eigenvalue weighted by Gasteiger charge is 2.27. The van der Waals surface area contributed by atoms with Gasteiger partial charge in [-0.25, -0.2) is 9.78 Å². The Labute approximate surface area is 155 Å². The minimum Gasteiger partial charge on any atom is -0.383 e. The first-order valence-electron chi connectivity index (χ1n) is 8.10. The number of methoxy groups -OCH3 is 1. The number of fused-ring (bicyclic) bond motifs is 1. The monoisotopic (exact) mass is 378 g/mol. The number of carbonyl (C=O) groups is 2. The van der Waals surface area contributed by atoms with Crippen LogP contribution in [0.25, 0.3) is 10.9 Å². The molecule has 0 unspecified atom stereocenters. The summed E-state index contributed by atoms with van der Waals surface area (Å²) in [6.07, 6.45) is 0. The van der Waals surface area contributed by atoms with Crippen LogP contribution >= 0.6 is 11.8 Å². The van der Waals surface area contributed by atoms with Gasteiger partial charge in [-0.05, 0) is 18.1 Å². The third kappa shape index (κ3) is 4.61. The van der Waals surface area contributed by atoms with E-state index in [1.54, 1.807) is 31.4 Å². The van der Waals surface area contributed by atoms with Gasteiger partial charge in [0.1, 0.15) is 0 Å². The molecule has 0 saturated carbocycles. The Bertz CT molecular complexity index is 865. The predicted molar refractivity (Wildman–Crippen MR) is 100 cm³/mol. The van der Waals surface area contributed by atoms with E-state index in [1.165, 1.54) is 4.57 Å². The maximum absolute atomic E-state index is 12.8. The van der Waals surface area contributed by atoms with Gasteiger partial charge >= 0.3 is 6.03 Å². The lowest BCUT2D eigenvalue weighted by Crippen LogP contribution is -2.42. The van der Waals surface area contributed by atoms with Gasteiger partial charge in [-0.1, -0.05) is 37.7 Å². The first-order chi connectivity index (χ1) is 12.3. The van der Waals surface area contributed by atoms with E-state index in [0.717, 1.165) is 11.8 Å². The zero-order chi connectivity index (χ0) is 19.3. The van der Waals surface area contributed by atoms with Crippen molar-refractivity contribution >= 4 is 34.6 Å². The van der Waals surface area contributed by atoms with Gasteiger partial charge in [0.05, 0.1) is 29.3 Å². The molecule has 0 fully saturated rings. The van der Waals surface area contributed by atoms with Crippen LogP contribution in [-0.2, 0) is 16.1 Å². The third-order valence-corrected chi connectivity index (χ3v) is 5.22. The van der Waals surface area contributed by atoms with E-state index in [1.807, 2.05) is 13.8 Å².